The molecule has 0 aromatic heterocycles. The van der Waals surface area contributed by atoms with Gasteiger partial charge >= 0.3 is 11.9 Å². The van der Waals surface area contributed by atoms with E-state index >= 15 is 0 Å². The van der Waals surface area contributed by atoms with E-state index in [0.717, 1.165) is 24.3 Å². The molecule has 2 aromatic carbocycles. The Morgan fingerprint density at radius 2 is 1.00 bits per heavy atom. The number of benzene rings is 2. The Balaban J connectivity index is 1.75. The molecule has 542 valence electrons. The SMILES string of the molecule is CC[C@H](C)[C@H](NC(=O)[C@H](Cc1ccccc1)NC(=O)[C@H](C)NC(=O)[C@@H](N)Cc1ccccc1)C(=O)N[C@@H](CCCN=C(N)N)C(=O)N[C@@H](CO)C(=O)N[C@@H](CC(=O)O)C(=O)N[C@@H](CO)C(=O)NCC(=O)N1CCC[C@H]1C(=O)N[C@H](C(=O)N[C@H](C(=O)N[C@@H](CO)C(=O)O)[C@@H](C)O)[C@@H](C)O. The molecule has 12 amide bonds. The van der Waals surface area contributed by atoms with E-state index in [2.05, 4.69) is 52.8 Å². The molecule has 1 saturated heterocycles. The van der Waals surface area contributed by atoms with E-state index in [1.165, 1.54) is 6.92 Å². The van der Waals surface area contributed by atoms with Crippen molar-refractivity contribution in [2.45, 2.75) is 171 Å². The quantitative estimate of drug-likeness (QED) is 0.0167. The lowest BCUT2D eigenvalue weighted by molar-refractivity contribution is -0.144. The maximum atomic E-state index is 14.4. The van der Waals surface area contributed by atoms with Gasteiger partial charge < -0.3 is 116 Å². The molecule has 3 rings (SSSR count). The smallest absolute Gasteiger partial charge is 0.328 e. The topological polar surface area (TPSA) is 607 Å². The number of nitrogens with one attached hydrogen (secondary N) is 11. The minimum atomic E-state index is -2.10. The van der Waals surface area contributed by atoms with Crippen molar-refractivity contribution in [3.8, 4) is 0 Å². The third kappa shape index (κ3) is 26.9. The molecular formula is C61H92N16O21. The molecule has 0 spiro atoms. The van der Waals surface area contributed by atoms with E-state index in [1.807, 2.05) is 10.6 Å². The number of carbonyl (C=O) groups excluding carboxylic acids is 12. The average molecular weight is 1390 g/mol. The van der Waals surface area contributed by atoms with Crippen LogP contribution in [-0.2, 0) is 80.0 Å². The summed E-state index contributed by atoms with van der Waals surface area (Å²) in [7, 11) is 0. The number of rotatable bonds is 41. The van der Waals surface area contributed by atoms with E-state index < -0.39 is 206 Å². The second kappa shape index (κ2) is 41.2. The normalized spacial score (nSPS) is 16.9. The molecule has 15 atom stereocenters. The van der Waals surface area contributed by atoms with Gasteiger partial charge in [-0.3, -0.25) is 67.3 Å². The highest BCUT2D eigenvalue weighted by atomic mass is 16.4. The Morgan fingerprint density at radius 1 is 0.541 bits per heavy atom. The first-order valence-corrected chi connectivity index (χ1v) is 31.4. The summed E-state index contributed by atoms with van der Waals surface area (Å²) in [6.07, 6.45) is -4.29. The zero-order chi connectivity index (χ0) is 73.5. The van der Waals surface area contributed by atoms with Gasteiger partial charge in [-0.2, -0.15) is 0 Å². The third-order valence-electron chi connectivity index (χ3n) is 15.5. The van der Waals surface area contributed by atoms with E-state index in [-0.39, 0.29) is 64.0 Å². The standard InChI is InChI=1S/C61H92N16O21/c1-6-30(2)46(74-54(91)38(24-35-17-11-8-12-18-35)69-49(86)31(3)67-50(87)36(62)23-34-15-9-7-10-16-34)57(94)68-37(19-13-21-65-61(63)64)52(89)72-41(28-79)55(92)70-39(25-45(84)85)53(90)71-40(27-78)51(88)66-26-44(83)77-22-14-20-43(77)56(93)75-48(33(5)82)59(96)76-47(32(4)81)58(95)73-42(29-80)60(97)98/h7-12,15-18,30-33,36-43,46-48,78-82H,6,13-14,19-29,62H2,1-5H3,(H,66,88)(H,67,87)(H,68,94)(H,69,86)(H,70,92)(H,71,90)(H,72,89)(H,73,95)(H,74,91)(H,75,93)(H,76,96)(H,84,85)(H,97,98)(H4,63,64,65)/t30-,31-,32+,33+,36-,37-,38-,39-,40-,41-,42-,43-,46-,47-,48-/m0/s1. The summed E-state index contributed by atoms with van der Waals surface area (Å²) in [5.74, 6) is -17.1. The second-order valence-corrected chi connectivity index (χ2v) is 23.3. The maximum absolute atomic E-state index is 14.4. The molecule has 1 fully saturated rings. The first-order valence-electron chi connectivity index (χ1n) is 31.4. The lowest BCUT2D eigenvalue weighted by Crippen LogP contribution is -2.62. The number of carboxylic acid groups (broad SMARTS) is 2. The molecule has 24 N–H and O–H groups in total. The van der Waals surface area contributed by atoms with Gasteiger partial charge in [0.1, 0.15) is 66.5 Å². The van der Waals surface area contributed by atoms with E-state index in [0.29, 0.717) is 5.56 Å². The van der Waals surface area contributed by atoms with Gasteiger partial charge in [-0.25, -0.2) is 4.79 Å². The first kappa shape index (κ1) is 82.3. The van der Waals surface area contributed by atoms with Crippen molar-refractivity contribution < 1.29 is 103 Å². The number of guanidine groups is 1. The van der Waals surface area contributed by atoms with Gasteiger partial charge in [0.15, 0.2) is 5.96 Å². The number of aliphatic hydroxyl groups is 5. The van der Waals surface area contributed by atoms with Gasteiger partial charge in [0.25, 0.3) is 0 Å². The molecule has 1 aliphatic rings. The fraction of sp³-hybridized carbons (Fsp3) is 0.557. The molecule has 1 heterocycles. The van der Waals surface area contributed by atoms with Crippen molar-refractivity contribution in [1.82, 2.24) is 63.4 Å². The van der Waals surface area contributed by atoms with Crippen LogP contribution in [0.3, 0.4) is 0 Å². The number of carboxylic acids is 2. The van der Waals surface area contributed by atoms with Crippen molar-refractivity contribution in [2.24, 2.45) is 28.1 Å². The Morgan fingerprint density at radius 3 is 1.53 bits per heavy atom. The van der Waals surface area contributed by atoms with Crippen molar-refractivity contribution in [3.63, 3.8) is 0 Å². The van der Waals surface area contributed by atoms with Crippen LogP contribution in [0, 0.1) is 5.92 Å². The van der Waals surface area contributed by atoms with Crippen molar-refractivity contribution >= 4 is 88.8 Å². The molecule has 37 nitrogen and oxygen atoms in total. The van der Waals surface area contributed by atoms with Crippen LogP contribution < -0.4 is 75.7 Å². The highest BCUT2D eigenvalue weighted by Crippen LogP contribution is 2.19. The number of aliphatic imine (C=N–C) groups is 1. The van der Waals surface area contributed by atoms with Gasteiger partial charge in [0.05, 0.1) is 51.0 Å². The van der Waals surface area contributed by atoms with Gasteiger partial charge in [-0.15, -0.1) is 0 Å². The molecule has 37 heteroatoms. The summed E-state index contributed by atoms with van der Waals surface area (Å²) in [4.78, 5) is 192. The minimum Gasteiger partial charge on any atom is -0.481 e. The molecular weight excluding hydrogens is 1290 g/mol. The Hall–Kier alpha value is -9.95. The highest BCUT2D eigenvalue weighted by Gasteiger charge is 2.41. The number of aliphatic carboxylic acids is 2. The number of amides is 12. The zero-order valence-electron chi connectivity index (χ0n) is 54.8. The van der Waals surface area contributed by atoms with Crippen LogP contribution in [0.5, 0.6) is 0 Å². The average Bonchev–Trinajstić information content (AvgIpc) is 1.89. The monoisotopic (exact) mass is 1380 g/mol. The number of nitrogens with zero attached hydrogens (tertiary/aromatic N) is 2. The predicted octanol–water partition coefficient (Wildman–Crippen LogP) is -8.83. The summed E-state index contributed by atoms with van der Waals surface area (Å²) < 4.78 is 0. The third-order valence-corrected chi connectivity index (χ3v) is 15.5. The largest absolute Gasteiger partial charge is 0.481 e. The van der Waals surface area contributed by atoms with Crippen LogP contribution in [0.4, 0.5) is 0 Å². The second-order valence-electron chi connectivity index (χ2n) is 23.3. The van der Waals surface area contributed by atoms with Crippen LogP contribution >= 0.6 is 0 Å². The van der Waals surface area contributed by atoms with Gasteiger partial charge in [-0.05, 0) is 69.9 Å². The van der Waals surface area contributed by atoms with Crippen LogP contribution in [0.1, 0.15) is 84.3 Å². The van der Waals surface area contributed by atoms with Crippen LogP contribution in [0.25, 0.3) is 0 Å². The fourth-order valence-corrected chi connectivity index (χ4v) is 9.76. The molecule has 0 aliphatic carbocycles. The zero-order valence-corrected chi connectivity index (χ0v) is 54.8. The molecule has 0 bridgehead atoms. The fourth-order valence-electron chi connectivity index (χ4n) is 9.76. The Kier molecular flexibility index (Phi) is 34.6. The maximum Gasteiger partial charge on any atom is 0.328 e. The first-order chi connectivity index (χ1) is 46.3. The number of aliphatic hydroxyl groups excluding tert-OH is 5. The van der Waals surface area contributed by atoms with Crippen LogP contribution in [0.15, 0.2) is 65.7 Å². The summed E-state index contributed by atoms with van der Waals surface area (Å²) in [5.41, 5.74) is 18.5. The summed E-state index contributed by atoms with van der Waals surface area (Å²) in [5, 5.41) is 94.7. The van der Waals surface area contributed by atoms with E-state index in [1.54, 1.807) is 74.5 Å². The molecule has 98 heavy (non-hydrogen) atoms. The van der Waals surface area contributed by atoms with Gasteiger partial charge in [0, 0.05) is 19.5 Å². The predicted molar refractivity (Wildman–Crippen MR) is 345 cm³/mol. The Bertz CT molecular complexity index is 3110. The molecule has 0 saturated carbocycles. The number of likely N-dealkylation sites (tertiary alicyclic amines) is 1. The summed E-state index contributed by atoms with van der Waals surface area (Å²) in [6, 6.07) is -2.06. The van der Waals surface area contributed by atoms with E-state index in [4.69, 9.17) is 17.2 Å². The summed E-state index contributed by atoms with van der Waals surface area (Å²) in [6.45, 7) is 2.32. The Labute approximate surface area is 563 Å². The van der Waals surface area contributed by atoms with Crippen molar-refractivity contribution in [2.75, 3.05) is 39.5 Å². The number of carbonyl (C=O) groups is 14. The molecule has 2 aromatic rings. The number of hydrogen-bond donors (Lipinski definition) is 21. The van der Waals surface area contributed by atoms with Crippen LogP contribution in [-0.4, -0.2) is 254 Å². The summed E-state index contributed by atoms with van der Waals surface area (Å²) >= 11 is 0. The van der Waals surface area contributed by atoms with Crippen LogP contribution in [0.2, 0.25) is 0 Å². The van der Waals surface area contributed by atoms with Crippen molar-refractivity contribution in [1.29, 1.82) is 0 Å². The van der Waals surface area contributed by atoms with E-state index in [9.17, 15) is 103 Å². The van der Waals surface area contributed by atoms with Crippen molar-refractivity contribution in [3.05, 3.63) is 71.8 Å². The van der Waals surface area contributed by atoms with Gasteiger partial charge in [-0.1, -0.05) is 80.9 Å². The lowest BCUT2D eigenvalue weighted by atomic mass is 9.96. The lowest BCUT2D eigenvalue weighted by Gasteiger charge is -2.29. The molecule has 1 aliphatic heterocycles. The minimum absolute atomic E-state index is 0.00549. The van der Waals surface area contributed by atoms with Gasteiger partial charge in [0.2, 0.25) is 70.9 Å². The number of hydrogen-bond acceptors (Lipinski definition) is 21. The highest BCUT2D eigenvalue weighted by molar-refractivity contribution is 6.00. The number of nitrogens with two attached hydrogens (primary N) is 3. The molecule has 0 radical (unpaired) electrons. The molecule has 0 unspecified atom stereocenters.